The Hall–Kier alpha value is -1.81. The van der Waals surface area contributed by atoms with Crippen molar-refractivity contribution in [2.45, 2.75) is 37.6 Å². The van der Waals surface area contributed by atoms with E-state index in [1.165, 1.54) is 11.1 Å². The molecule has 0 radical (unpaired) electrons. The van der Waals surface area contributed by atoms with E-state index in [-0.39, 0.29) is 5.91 Å². The Bertz CT molecular complexity index is 666. The van der Waals surface area contributed by atoms with Crippen molar-refractivity contribution in [1.29, 1.82) is 0 Å². The smallest absolute Gasteiger partial charge is 0.256 e. The van der Waals surface area contributed by atoms with E-state index in [1.807, 2.05) is 30.9 Å². The van der Waals surface area contributed by atoms with Gasteiger partial charge in [0.25, 0.3) is 5.91 Å². The van der Waals surface area contributed by atoms with Crippen molar-refractivity contribution in [2.24, 2.45) is 0 Å². The van der Waals surface area contributed by atoms with Gasteiger partial charge in [-0.25, -0.2) is 4.98 Å². The molecule has 0 spiro atoms. The van der Waals surface area contributed by atoms with Crippen LogP contribution in [0.25, 0.3) is 0 Å². The Morgan fingerprint density at radius 1 is 1.18 bits per heavy atom. The first-order valence-electron chi connectivity index (χ1n) is 7.56. The lowest BCUT2D eigenvalue weighted by Crippen LogP contribution is -2.30. The third-order valence-corrected chi connectivity index (χ3v) is 4.79. The summed E-state index contributed by atoms with van der Waals surface area (Å²) in [5.74, 6) is 0.0466. The molecule has 0 N–H and O–H groups in total. The summed E-state index contributed by atoms with van der Waals surface area (Å²) in [7, 11) is 0. The minimum Gasteiger partial charge on any atom is -0.339 e. The van der Waals surface area contributed by atoms with Gasteiger partial charge in [0.1, 0.15) is 5.03 Å². The zero-order chi connectivity index (χ0) is 16.1. The Morgan fingerprint density at radius 3 is 2.55 bits per heavy atom. The fourth-order valence-corrected chi connectivity index (χ4v) is 3.28. The van der Waals surface area contributed by atoms with E-state index in [0.29, 0.717) is 18.7 Å². The standard InChI is InChI=1S/C18H22N2OS/c1-5-20(6-2)18(21)15-8-7-11-19-17(15)22-16-10-9-13(3)12-14(16)4/h7-12H,5-6H2,1-4H3. The molecule has 2 aromatic rings. The predicted octanol–water partition coefficient (Wildman–Crippen LogP) is 4.33. The molecule has 0 aliphatic heterocycles. The lowest BCUT2D eigenvalue weighted by Gasteiger charge is -2.19. The number of aryl methyl sites for hydroxylation is 2. The molecule has 0 saturated carbocycles. The zero-order valence-corrected chi connectivity index (χ0v) is 14.4. The second kappa shape index (κ2) is 7.45. The summed E-state index contributed by atoms with van der Waals surface area (Å²) >= 11 is 1.56. The van der Waals surface area contributed by atoms with Gasteiger partial charge in [-0.05, 0) is 51.5 Å². The van der Waals surface area contributed by atoms with Crippen LogP contribution in [-0.2, 0) is 0 Å². The topological polar surface area (TPSA) is 33.2 Å². The van der Waals surface area contributed by atoms with Gasteiger partial charge < -0.3 is 4.90 Å². The molecule has 2 rings (SSSR count). The molecule has 4 heteroatoms. The van der Waals surface area contributed by atoms with Crippen LogP contribution in [0.1, 0.15) is 35.3 Å². The lowest BCUT2D eigenvalue weighted by atomic mass is 10.2. The molecule has 0 aliphatic carbocycles. The molecule has 0 atom stereocenters. The maximum atomic E-state index is 12.6. The summed E-state index contributed by atoms with van der Waals surface area (Å²) in [6.45, 7) is 9.57. The Balaban J connectivity index is 2.34. The fraction of sp³-hybridized carbons (Fsp3) is 0.333. The molecule has 1 aromatic carbocycles. The van der Waals surface area contributed by atoms with Crippen LogP contribution in [0.4, 0.5) is 0 Å². The number of amides is 1. The van der Waals surface area contributed by atoms with Crippen LogP contribution < -0.4 is 0 Å². The average Bonchev–Trinajstić information content (AvgIpc) is 2.51. The molecule has 0 fully saturated rings. The molecule has 1 amide bonds. The number of aromatic nitrogens is 1. The van der Waals surface area contributed by atoms with E-state index in [1.54, 1.807) is 18.0 Å². The van der Waals surface area contributed by atoms with E-state index in [2.05, 4.69) is 37.0 Å². The number of nitrogens with zero attached hydrogens (tertiary/aromatic N) is 2. The second-order valence-corrected chi connectivity index (χ2v) is 6.24. The number of carbonyl (C=O) groups is 1. The van der Waals surface area contributed by atoms with Crippen LogP contribution in [0.2, 0.25) is 0 Å². The summed E-state index contributed by atoms with van der Waals surface area (Å²) < 4.78 is 0. The normalized spacial score (nSPS) is 10.5. The highest BCUT2D eigenvalue weighted by Gasteiger charge is 2.18. The largest absolute Gasteiger partial charge is 0.339 e. The third-order valence-electron chi connectivity index (χ3n) is 3.59. The molecule has 0 bridgehead atoms. The predicted molar refractivity (Wildman–Crippen MR) is 91.5 cm³/mol. The maximum Gasteiger partial charge on any atom is 0.256 e. The highest BCUT2D eigenvalue weighted by molar-refractivity contribution is 7.99. The number of hydrogen-bond acceptors (Lipinski definition) is 3. The molecule has 22 heavy (non-hydrogen) atoms. The van der Waals surface area contributed by atoms with Crippen molar-refractivity contribution < 1.29 is 4.79 Å². The van der Waals surface area contributed by atoms with E-state index < -0.39 is 0 Å². The van der Waals surface area contributed by atoms with Gasteiger partial charge in [-0.2, -0.15) is 0 Å². The van der Waals surface area contributed by atoms with Gasteiger partial charge >= 0.3 is 0 Å². The van der Waals surface area contributed by atoms with Crippen molar-refractivity contribution in [3.05, 3.63) is 53.2 Å². The van der Waals surface area contributed by atoms with Gasteiger partial charge in [0, 0.05) is 24.2 Å². The van der Waals surface area contributed by atoms with Gasteiger partial charge in [-0.15, -0.1) is 0 Å². The molecular weight excluding hydrogens is 292 g/mol. The van der Waals surface area contributed by atoms with Gasteiger partial charge in [0.2, 0.25) is 0 Å². The van der Waals surface area contributed by atoms with Gasteiger partial charge in [0.15, 0.2) is 0 Å². The van der Waals surface area contributed by atoms with E-state index >= 15 is 0 Å². The Labute approximate surface area is 136 Å². The Morgan fingerprint density at radius 2 is 1.91 bits per heavy atom. The Kier molecular flexibility index (Phi) is 5.61. The summed E-state index contributed by atoms with van der Waals surface area (Å²) in [6.07, 6.45) is 1.74. The summed E-state index contributed by atoms with van der Waals surface area (Å²) in [4.78, 5) is 20.0. The van der Waals surface area contributed by atoms with Crippen LogP contribution in [0.15, 0.2) is 46.5 Å². The van der Waals surface area contributed by atoms with Crippen LogP contribution in [-0.4, -0.2) is 28.9 Å². The minimum absolute atomic E-state index is 0.0466. The van der Waals surface area contributed by atoms with Crippen LogP contribution in [0.5, 0.6) is 0 Å². The number of pyridine rings is 1. The maximum absolute atomic E-state index is 12.6. The zero-order valence-electron chi connectivity index (χ0n) is 13.6. The summed E-state index contributed by atoms with van der Waals surface area (Å²) in [5.41, 5.74) is 3.12. The quantitative estimate of drug-likeness (QED) is 0.823. The van der Waals surface area contributed by atoms with Gasteiger partial charge in [-0.3, -0.25) is 4.79 Å². The monoisotopic (exact) mass is 314 g/mol. The number of carbonyl (C=O) groups excluding carboxylic acids is 1. The van der Waals surface area contributed by atoms with Crippen LogP contribution >= 0.6 is 11.8 Å². The highest BCUT2D eigenvalue weighted by atomic mass is 32.2. The lowest BCUT2D eigenvalue weighted by molar-refractivity contribution is 0.0768. The molecule has 0 saturated heterocycles. The fourth-order valence-electron chi connectivity index (χ4n) is 2.33. The van der Waals surface area contributed by atoms with Gasteiger partial charge in [0.05, 0.1) is 5.56 Å². The SMILES string of the molecule is CCN(CC)C(=O)c1cccnc1Sc1ccc(C)cc1C. The summed E-state index contributed by atoms with van der Waals surface area (Å²) in [5, 5.41) is 0.770. The van der Waals surface area contributed by atoms with E-state index in [9.17, 15) is 4.79 Å². The van der Waals surface area contributed by atoms with E-state index in [0.717, 1.165) is 9.92 Å². The summed E-state index contributed by atoms with van der Waals surface area (Å²) in [6, 6.07) is 10.0. The second-order valence-electron chi connectivity index (χ2n) is 5.20. The molecule has 1 heterocycles. The number of hydrogen-bond donors (Lipinski definition) is 0. The molecule has 0 unspecified atom stereocenters. The van der Waals surface area contributed by atoms with Crippen LogP contribution in [0, 0.1) is 13.8 Å². The van der Waals surface area contributed by atoms with E-state index in [4.69, 9.17) is 0 Å². The molecule has 3 nitrogen and oxygen atoms in total. The van der Waals surface area contributed by atoms with Crippen LogP contribution in [0.3, 0.4) is 0 Å². The molecule has 1 aromatic heterocycles. The van der Waals surface area contributed by atoms with Crippen molar-refractivity contribution in [3.8, 4) is 0 Å². The number of benzene rings is 1. The van der Waals surface area contributed by atoms with Crippen molar-refractivity contribution in [2.75, 3.05) is 13.1 Å². The van der Waals surface area contributed by atoms with Crippen molar-refractivity contribution in [3.63, 3.8) is 0 Å². The number of rotatable bonds is 5. The first-order chi connectivity index (χ1) is 10.6. The van der Waals surface area contributed by atoms with Crippen molar-refractivity contribution >= 4 is 17.7 Å². The first-order valence-corrected chi connectivity index (χ1v) is 8.37. The molecule has 0 aliphatic rings. The van der Waals surface area contributed by atoms with Crippen molar-refractivity contribution in [1.82, 2.24) is 9.88 Å². The first kappa shape index (κ1) is 16.6. The molecule has 116 valence electrons. The molecular formula is C18H22N2OS. The van der Waals surface area contributed by atoms with Gasteiger partial charge in [-0.1, -0.05) is 29.5 Å². The minimum atomic E-state index is 0.0466. The third kappa shape index (κ3) is 3.69. The average molecular weight is 314 g/mol. The highest BCUT2D eigenvalue weighted by Crippen LogP contribution is 2.31.